The molecule has 4 atom stereocenters. The van der Waals surface area contributed by atoms with Crippen LogP contribution in [-0.4, -0.2) is 74.0 Å². The summed E-state index contributed by atoms with van der Waals surface area (Å²) in [6.07, 6.45) is 5.64. The zero-order valence-corrected chi connectivity index (χ0v) is 27.1. The summed E-state index contributed by atoms with van der Waals surface area (Å²) >= 11 is 12.5. The van der Waals surface area contributed by atoms with E-state index in [4.69, 9.17) is 39.7 Å². The van der Waals surface area contributed by atoms with Crippen molar-refractivity contribution in [3.05, 3.63) is 86.8 Å². The van der Waals surface area contributed by atoms with Gasteiger partial charge in [-0.3, -0.25) is 14.7 Å². The number of nitrogen functional groups attached to an aromatic ring is 1. The van der Waals surface area contributed by atoms with Crippen LogP contribution in [0, 0.1) is 11.7 Å². The topological polar surface area (TPSA) is 117 Å². The number of allylic oxidation sites excluding steroid dienone is 3. The number of anilines is 1. The quantitative estimate of drug-likeness (QED) is 0.193. The maximum Gasteiger partial charge on any atom is 0.226 e. The molecule has 0 spiro atoms. The van der Waals surface area contributed by atoms with Crippen molar-refractivity contribution < 1.29 is 14.0 Å². The van der Waals surface area contributed by atoms with E-state index in [-0.39, 0.29) is 22.4 Å². The molecule has 1 aliphatic carbocycles. The van der Waals surface area contributed by atoms with Gasteiger partial charge in [0.05, 0.1) is 17.0 Å². The summed E-state index contributed by atoms with van der Waals surface area (Å²) in [6, 6.07) is 9.22. The van der Waals surface area contributed by atoms with Gasteiger partial charge in [0.1, 0.15) is 17.6 Å². The Morgan fingerprint density at radius 1 is 1.25 bits per heavy atom. The van der Waals surface area contributed by atoms with Crippen molar-refractivity contribution in [3.63, 3.8) is 0 Å². The van der Waals surface area contributed by atoms with E-state index in [9.17, 15) is 9.59 Å². The van der Waals surface area contributed by atoms with Crippen molar-refractivity contribution in [1.29, 1.82) is 0 Å². The number of halogens is 3. The Labute approximate surface area is 269 Å². The Hall–Kier alpha value is -3.24. The molecule has 1 heterocycles. The molecule has 0 radical (unpaired) electrons. The van der Waals surface area contributed by atoms with Crippen LogP contribution in [0.4, 0.5) is 10.1 Å². The molecule has 1 aliphatic heterocycles. The van der Waals surface area contributed by atoms with Gasteiger partial charge >= 0.3 is 0 Å². The van der Waals surface area contributed by atoms with Gasteiger partial charge in [0.25, 0.3) is 0 Å². The summed E-state index contributed by atoms with van der Waals surface area (Å²) in [7, 11) is 3.91. The molecule has 2 aromatic rings. The molecule has 236 valence electrons. The molecule has 2 aromatic carbocycles. The number of aldehydes is 1. The average Bonchev–Trinajstić information content (AvgIpc) is 3.14. The third-order valence-corrected chi connectivity index (χ3v) is 9.15. The van der Waals surface area contributed by atoms with Crippen LogP contribution in [0.1, 0.15) is 43.7 Å². The summed E-state index contributed by atoms with van der Waals surface area (Å²) in [5.41, 5.74) is 14.7. The Morgan fingerprint density at radius 2 is 2.00 bits per heavy atom. The van der Waals surface area contributed by atoms with Crippen molar-refractivity contribution in [2.45, 2.75) is 44.2 Å². The van der Waals surface area contributed by atoms with E-state index in [2.05, 4.69) is 5.32 Å². The van der Waals surface area contributed by atoms with Gasteiger partial charge in [-0.1, -0.05) is 60.5 Å². The van der Waals surface area contributed by atoms with E-state index in [1.54, 1.807) is 30.3 Å². The van der Waals surface area contributed by atoms with Crippen LogP contribution in [0.2, 0.25) is 10.0 Å². The average molecular weight is 644 g/mol. The van der Waals surface area contributed by atoms with Gasteiger partial charge in [0, 0.05) is 58.8 Å². The third-order valence-electron chi connectivity index (χ3n) is 8.62. The van der Waals surface area contributed by atoms with Gasteiger partial charge in [-0.15, -0.1) is 0 Å². The standard InChI is InChI=1S/C33H41Cl2FN6O2/c1-5-42-18-29(40-20(2)23-12-9-21(10-14-27(23)37)32(44)39-15-16-41(3)4)30(24-7-6-8-26(35)31(24)36)33(42,19-43)25-13-11-22(34)17-28(25)38/h6-9,11-13,17,19,21,29-30H,5,10,14-16,18,37-38H2,1-4H3,(H,39,44)/t21?,29-,30+,33-/m1/s1. The molecule has 1 unspecified atom stereocenters. The summed E-state index contributed by atoms with van der Waals surface area (Å²) in [4.78, 5) is 35.3. The molecule has 1 saturated heterocycles. The number of nitrogens with one attached hydrogen (secondary N) is 1. The van der Waals surface area contributed by atoms with Crippen LogP contribution in [0.5, 0.6) is 0 Å². The predicted molar refractivity (Wildman–Crippen MR) is 177 cm³/mol. The van der Waals surface area contributed by atoms with Crippen LogP contribution in [0.3, 0.4) is 0 Å². The Bertz CT molecular complexity index is 1490. The summed E-state index contributed by atoms with van der Waals surface area (Å²) < 4.78 is 15.8. The zero-order valence-electron chi connectivity index (χ0n) is 25.6. The molecule has 5 N–H and O–H groups in total. The number of hydrogen-bond acceptors (Lipinski definition) is 7. The zero-order chi connectivity index (χ0) is 32.2. The lowest BCUT2D eigenvalue weighted by atomic mass is 9.73. The number of nitrogens with zero attached hydrogens (tertiary/aromatic N) is 3. The number of likely N-dealkylation sites (tertiary alicyclic amines) is 1. The fourth-order valence-electron chi connectivity index (χ4n) is 6.42. The van der Waals surface area contributed by atoms with Crippen molar-refractivity contribution in [3.8, 4) is 0 Å². The molecule has 8 nitrogen and oxygen atoms in total. The molecule has 0 saturated carbocycles. The minimum absolute atomic E-state index is 0.0469. The number of rotatable bonds is 10. The second-order valence-electron chi connectivity index (χ2n) is 11.7. The first-order chi connectivity index (χ1) is 20.9. The first kappa shape index (κ1) is 33.6. The highest BCUT2D eigenvalue weighted by atomic mass is 35.5. The van der Waals surface area contributed by atoms with Crippen LogP contribution in [-0.2, 0) is 15.1 Å². The fraction of sp³-hybridized carbons (Fsp3) is 0.424. The van der Waals surface area contributed by atoms with E-state index in [0.29, 0.717) is 60.2 Å². The minimum Gasteiger partial charge on any atom is -0.402 e. The Kier molecular flexibility index (Phi) is 10.9. The summed E-state index contributed by atoms with van der Waals surface area (Å²) in [5, 5.41) is 3.37. The van der Waals surface area contributed by atoms with E-state index >= 15 is 4.39 Å². The molecular formula is C33H41Cl2FN6O2. The van der Waals surface area contributed by atoms with Crippen LogP contribution >= 0.6 is 23.2 Å². The van der Waals surface area contributed by atoms with Crippen molar-refractivity contribution in [1.82, 2.24) is 15.1 Å². The Balaban J connectivity index is 1.78. The fourth-order valence-corrected chi connectivity index (χ4v) is 6.78. The van der Waals surface area contributed by atoms with Gasteiger partial charge in [0.2, 0.25) is 5.91 Å². The number of aliphatic imine (C=N–C) groups is 1. The number of carbonyl (C=O) groups is 2. The monoisotopic (exact) mass is 642 g/mol. The molecule has 0 bridgehead atoms. The molecule has 4 rings (SSSR count). The van der Waals surface area contributed by atoms with Crippen molar-refractivity contribution in [2.75, 3.05) is 46.0 Å². The largest absolute Gasteiger partial charge is 0.402 e. The first-order valence-corrected chi connectivity index (χ1v) is 15.5. The maximum absolute atomic E-state index is 15.8. The van der Waals surface area contributed by atoms with Gasteiger partial charge in [-0.2, -0.15) is 0 Å². The maximum atomic E-state index is 15.8. The summed E-state index contributed by atoms with van der Waals surface area (Å²) in [6.45, 7) is 5.91. The molecule has 1 fully saturated rings. The normalized spacial score (nSPS) is 24.5. The van der Waals surface area contributed by atoms with E-state index in [1.807, 2.05) is 49.9 Å². The number of hydrogen-bond donors (Lipinski definition) is 3. The molecule has 11 heteroatoms. The highest BCUT2D eigenvalue weighted by Gasteiger charge is 2.57. The number of amides is 1. The molecular weight excluding hydrogens is 602 g/mol. The smallest absolute Gasteiger partial charge is 0.226 e. The Morgan fingerprint density at radius 3 is 2.66 bits per heavy atom. The molecule has 0 aromatic heterocycles. The van der Waals surface area contributed by atoms with E-state index in [1.165, 1.54) is 6.07 Å². The lowest BCUT2D eigenvalue weighted by Crippen LogP contribution is -2.46. The lowest BCUT2D eigenvalue weighted by Gasteiger charge is -2.39. The highest BCUT2D eigenvalue weighted by Crippen LogP contribution is 2.52. The highest BCUT2D eigenvalue weighted by molar-refractivity contribution is 6.31. The minimum atomic E-state index is -1.35. The predicted octanol–water partition coefficient (Wildman–Crippen LogP) is 4.91. The number of carbonyl (C=O) groups excluding carboxylic acids is 2. The van der Waals surface area contributed by atoms with Crippen molar-refractivity contribution in [2.24, 2.45) is 16.6 Å². The lowest BCUT2D eigenvalue weighted by molar-refractivity contribution is -0.123. The molecule has 1 amide bonds. The SMILES string of the molecule is CCN1C[C@@H](N=C(C)C2=C(N)CCC(C(=O)NCCN(C)C)C=C2)[C@H](c2cccc(Cl)c2F)[C@@]1(C=O)c1ccc(Cl)cc1N. The number of nitrogens with two attached hydrogens (primary N) is 2. The molecule has 44 heavy (non-hydrogen) atoms. The van der Waals surface area contributed by atoms with Crippen molar-refractivity contribution >= 4 is 46.8 Å². The number of likely N-dealkylation sites (N-methyl/N-ethyl adjacent to an activating group) is 2. The second-order valence-corrected chi connectivity index (χ2v) is 12.5. The number of benzene rings is 2. The van der Waals surface area contributed by atoms with Gasteiger partial charge < -0.3 is 26.5 Å². The van der Waals surface area contributed by atoms with Gasteiger partial charge in [0.15, 0.2) is 0 Å². The third kappa shape index (κ3) is 6.71. The molecule has 2 aliphatic rings. The second kappa shape index (κ2) is 14.2. The van der Waals surface area contributed by atoms with E-state index in [0.717, 1.165) is 18.4 Å². The summed E-state index contributed by atoms with van der Waals surface area (Å²) in [5.74, 6) is -1.75. The van der Waals surface area contributed by atoms with Crippen LogP contribution < -0.4 is 16.8 Å². The van der Waals surface area contributed by atoms with E-state index < -0.39 is 23.3 Å². The first-order valence-electron chi connectivity index (χ1n) is 14.8. The van der Waals surface area contributed by atoms with Gasteiger partial charge in [-0.05, 0) is 64.2 Å². The van der Waals surface area contributed by atoms with Crippen LogP contribution in [0.25, 0.3) is 0 Å². The van der Waals surface area contributed by atoms with Crippen LogP contribution in [0.15, 0.2) is 64.8 Å². The van der Waals surface area contributed by atoms with Gasteiger partial charge in [-0.25, -0.2) is 4.39 Å².